The number of aromatic nitrogens is 1. The van der Waals surface area contributed by atoms with Gasteiger partial charge in [-0.25, -0.2) is 4.98 Å². The average molecular weight is 492 g/mol. The normalized spacial score (nSPS) is 15.6. The molecule has 0 saturated carbocycles. The smallest absolute Gasteiger partial charge is 0.286 e. The Balaban J connectivity index is 1.16. The molecule has 2 heterocycles. The van der Waals surface area contributed by atoms with Gasteiger partial charge in [-0.15, -0.1) is 0 Å². The lowest BCUT2D eigenvalue weighted by atomic mass is 10.1. The Kier molecular flexibility index (Phi) is 8.34. The predicted octanol–water partition coefficient (Wildman–Crippen LogP) is 4.37. The highest BCUT2D eigenvalue weighted by Crippen LogP contribution is 2.23. The quantitative estimate of drug-likeness (QED) is 0.241. The fraction of sp³-hybridized carbons (Fsp3) is 0.231. The number of nitrogens with one attached hydrogen (secondary N) is 1. The van der Waals surface area contributed by atoms with Crippen LogP contribution in [0.3, 0.4) is 0 Å². The van der Waals surface area contributed by atoms with E-state index < -0.39 is 0 Å². The number of rotatable bonds is 11. The van der Waals surface area contributed by atoms with Crippen molar-refractivity contribution in [2.24, 2.45) is 5.16 Å². The van der Waals surface area contributed by atoms with E-state index in [1.807, 2.05) is 67.6 Å². The van der Waals surface area contributed by atoms with Crippen molar-refractivity contribution in [1.29, 1.82) is 0 Å². The molecule has 0 aliphatic carbocycles. The molecule has 1 unspecified atom stereocenters. The van der Waals surface area contributed by atoms with Gasteiger partial charge in [-0.2, -0.15) is 0 Å². The fourth-order valence-electron chi connectivity index (χ4n) is 3.27. The van der Waals surface area contributed by atoms with Crippen LogP contribution < -0.4 is 14.8 Å². The third-order valence-electron chi connectivity index (χ3n) is 5.14. The minimum absolute atomic E-state index is 0.239. The standard InChI is InChI=1S/C26H25N3O5S/c1-18(21-9-12-24(27-16-21)33-17-20-5-3-2-4-6-20)29-34-14-13-32-22-10-7-19(8-11-22)15-23-25(30)28-26(31)35-23/h2-12,16,23H,13-15,17H2,1H3,(H,28,30,31)/b29-18+. The van der Waals surface area contributed by atoms with Gasteiger partial charge in [-0.3, -0.25) is 14.9 Å². The van der Waals surface area contributed by atoms with E-state index >= 15 is 0 Å². The summed E-state index contributed by atoms with van der Waals surface area (Å²) < 4.78 is 11.4. The van der Waals surface area contributed by atoms with Gasteiger partial charge in [-0.05, 0) is 42.7 Å². The van der Waals surface area contributed by atoms with Crippen LogP contribution in [0.25, 0.3) is 0 Å². The lowest BCUT2D eigenvalue weighted by Gasteiger charge is -2.09. The van der Waals surface area contributed by atoms with Gasteiger partial charge in [0.25, 0.3) is 5.24 Å². The van der Waals surface area contributed by atoms with Gasteiger partial charge in [0.2, 0.25) is 11.8 Å². The SMILES string of the molecule is C/C(=N\OCCOc1ccc(CC2SC(=O)NC2=O)cc1)c1ccc(OCc2ccccc2)nc1. The van der Waals surface area contributed by atoms with Crippen LogP contribution in [0.1, 0.15) is 23.6 Å². The maximum absolute atomic E-state index is 11.7. The molecular formula is C26H25N3O5S. The molecule has 0 radical (unpaired) electrons. The minimum atomic E-state index is -0.378. The zero-order chi connectivity index (χ0) is 24.5. The number of hydrogen-bond donors (Lipinski definition) is 1. The molecule has 3 aromatic rings. The predicted molar refractivity (Wildman–Crippen MR) is 134 cm³/mol. The Morgan fingerprint density at radius 1 is 0.971 bits per heavy atom. The molecule has 9 heteroatoms. The van der Waals surface area contributed by atoms with Crippen molar-refractivity contribution in [1.82, 2.24) is 10.3 Å². The van der Waals surface area contributed by atoms with Crippen molar-refractivity contribution in [3.8, 4) is 11.6 Å². The number of pyridine rings is 1. The summed E-state index contributed by atoms with van der Waals surface area (Å²) in [5.41, 5.74) is 3.58. The fourth-order valence-corrected chi connectivity index (χ4v) is 4.13. The van der Waals surface area contributed by atoms with E-state index in [2.05, 4.69) is 15.5 Å². The summed E-state index contributed by atoms with van der Waals surface area (Å²) in [5, 5.41) is 5.75. The van der Waals surface area contributed by atoms with Gasteiger partial charge in [-0.1, -0.05) is 59.4 Å². The molecule has 2 aromatic carbocycles. The largest absolute Gasteiger partial charge is 0.490 e. The maximum atomic E-state index is 11.7. The minimum Gasteiger partial charge on any atom is -0.490 e. The highest BCUT2D eigenvalue weighted by molar-refractivity contribution is 8.15. The Hall–Kier alpha value is -3.85. The first-order chi connectivity index (χ1) is 17.1. The summed E-state index contributed by atoms with van der Waals surface area (Å²) >= 11 is 1.02. The molecule has 1 fully saturated rings. The number of ether oxygens (including phenoxy) is 2. The molecule has 1 aromatic heterocycles. The molecule has 8 nitrogen and oxygen atoms in total. The first-order valence-electron chi connectivity index (χ1n) is 11.1. The summed E-state index contributed by atoms with van der Waals surface area (Å²) in [7, 11) is 0. The van der Waals surface area contributed by atoms with E-state index in [0.717, 1.165) is 28.5 Å². The zero-order valence-corrected chi connectivity index (χ0v) is 20.0. The third-order valence-corrected chi connectivity index (χ3v) is 6.12. The number of carbonyl (C=O) groups is 2. The molecule has 0 spiro atoms. The first kappa shape index (κ1) is 24.3. The number of benzene rings is 2. The number of carbonyl (C=O) groups excluding carboxylic acids is 2. The average Bonchev–Trinajstić information content (AvgIpc) is 3.20. The molecular weight excluding hydrogens is 466 g/mol. The Morgan fingerprint density at radius 2 is 1.77 bits per heavy atom. The van der Waals surface area contributed by atoms with E-state index in [1.54, 1.807) is 12.3 Å². The van der Waals surface area contributed by atoms with E-state index in [-0.39, 0.29) is 23.0 Å². The number of nitrogens with zero attached hydrogens (tertiary/aromatic N) is 2. The first-order valence-corrected chi connectivity index (χ1v) is 12.0. The second-order valence-electron chi connectivity index (χ2n) is 7.75. The van der Waals surface area contributed by atoms with Crippen LogP contribution in [0.15, 0.2) is 78.1 Å². The van der Waals surface area contributed by atoms with Crippen molar-refractivity contribution < 1.29 is 23.9 Å². The molecule has 2 amide bonds. The van der Waals surface area contributed by atoms with Crippen LogP contribution in [-0.2, 0) is 22.7 Å². The van der Waals surface area contributed by atoms with Crippen molar-refractivity contribution in [3.05, 3.63) is 89.6 Å². The van der Waals surface area contributed by atoms with Gasteiger partial charge >= 0.3 is 0 Å². The van der Waals surface area contributed by atoms with E-state index in [1.165, 1.54) is 0 Å². The third kappa shape index (κ3) is 7.31. The number of imide groups is 1. The van der Waals surface area contributed by atoms with Crippen molar-refractivity contribution in [3.63, 3.8) is 0 Å². The topological polar surface area (TPSA) is 99.1 Å². The number of thioether (sulfide) groups is 1. The maximum Gasteiger partial charge on any atom is 0.286 e. The highest BCUT2D eigenvalue weighted by Gasteiger charge is 2.31. The molecule has 35 heavy (non-hydrogen) atoms. The van der Waals surface area contributed by atoms with Gasteiger partial charge in [0.15, 0.2) is 6.61 Å². The van der Waals surface area contributed by atoms with Gasteiger partial charge in [0.05, 0.1) is 11.0 Å². The summed E-state index contributed by atoms with van der Waals surface area (Å²) in [6.07, 6.45) is 2.19. The van der Waals surface area contributed by atoms with Gasteiger partial charge in [0, 0.05) is 17.8 Å². The molecule has 1 aliphatic heterocycles. The van der Waals surface area contributed by atoms with Gasteiger partial charge < -0.3 is 14.3 Å². The monoisotopic (exact) mass is 491 g/mol. The Bertz CT molecular complexity index is 1170. The van der Waals surface area contributed by atoms with Crippen LogP contribution in [0.4, 0.5) is 4.79 Å². The molecule has 4 rings (SSSR count). The lowest BCUT2D eigenvalue weighted by Crippen LogP contribution is -2.25. The van der Waals surface area contributed by atoms with Gasteiger partial charge in [0.1, 0.15) is 19.0 Å². The van der Waals surface area contributed by atoms with Crippen molar-refractivity contribution in [2.75, 3.05) is 13.2 Å². The Morgan fingerprint density at radius 3 is 2.46 bits per heavy atom. The Labute approximate surface area is 207 Å². The summed E-state index contributed by atoms with van der Waals surface area (Å²) in [5.74, 6) is 0.994. The summed E-state index contributed by atoms with van der Waals surface area (Å²) in [6.45, 7) is 2.92. The van der Waals surface area contributed by atoms with Crippen LogP contribution >= 0.6 is 11.8 Å². The molecule has 1 saturated heterocycles. The van der Waals surface area contributed by atoms with Crippen LogP contribution in [0, 0.1) is 0 Å². The van der Waals surface area contributed by atoms with E-state index in [9.17, 15) is 9.59 Å². The lowest BCUT2D eigenvalue weighted by molar-refractivity contribution is -0.118. The van der Waals surface area contributed by atoms with E-state index in [0.29, 0.717) is 37.0 Å². The van der Waals surface area contributed by atoms with Crippen LogP contribution in [-0.4, -0.2) is 40.3 Å². The second kappa shape index (κ2) is 12.0. The number of amides is 2. The molecule has 1 atom stereocenters. The number of hydrogen-bond acceptors (Lipinski definition) is 8. The summed E-state index contributed by atoms with van der Waals surface area (Å²) in [6, 6.07) is 21.0. The second-order valence-corrected chi connectivity index (χ2v) is 8.92. The molecule has 180 valence electrons. The van der Waals surface area contributed by atoms with Crippen molar-refractivity contribution in [2.45, 2.75) is 25.2 Å². The zero-order valence-electron chi connectivity index (χ0n) is 19.2. The van der Waals surface area contributed by atoms with Crippen molar-refractivity contribution >= 4 is 28.6 Å². The molecule has 1 N–H and O–H groups in total. The summed E-state index contributed by atoms with van der Waals surface area (Å²) in [4.78, 5) is 32.6. The highest BCUT2D eigenvalue weighted by atomic mass is 32.2. The van der Waals surface area contributed by atoms with E-state index in [4.69, 9.17) is 14.3 Å². The molecule has 1 aliphatic rings. The molecule has 0 bridgehead atoms. The van der Waals surface area contributed by atoms with Crippen LogP contribution in [0.2, 0.25) is 0 Å². The number of oxime groups is 1. The van der Waals surface area contributed by atoms with Crippen LogP contribution in [0.5, 0.6) is 11.6 Å².